The molecule has 0 aromatic heterocycles. The normalized spacial score (nSPS) is 20.4. The van der Waals surface area contributed by atoms with Gasteiger partial charge in [0, 0.05) is 35.3 Å². The van der Waals surface area contributed by atoms with Crippen LogP contribution in [-0.4, -0.2) is 35.5 Å². The Morgan fingerprint density at radius 3 is 2.62 bits per heavy atom. The van der Waals surface area contributed by atoms with Crippen molar-refractivity contribution in [3.63, 3.8) is 0 Å². The molecule has 114 valence electrons. The lowest BCUT2D eigenvalue weighted by Gasteiger charge is -2.32. The first-order chi connectivity index (χ1) is 10.1. The van der Waals surface area contributed by atoms with E-state index in [9.17, 15) is 10.1 Å². The molecule has 1 N–H and O–H groups in total. The van der Waals surface area contributed by atoms with Gasteiger partial charge >= 0.3 is 0 Å². The van der Waals surface area contributed by atoms with Crippen LogP contribution >= 0.6 is 22.6 Å². The average molecular weight is 401 g/mol. The zero-order chi connectivity index (χ0) is 14.8. The van der Waals surface area contributed by atoms with E-state index in [0.29, 0.717) is 11.7 Å². The van der Waals surface area contributed by atoms with Crippen LogP contribution in [-0.2, 0) is 0 Å². The summed E-state index contributed by atoms with van der Waals surface area (Å²) >= 11 is 2.11. The summed E-state index contributed by atoms with van der Waals surface area (Å²) in [5, 5.41) is 14.5. The quantitative estimate of drug-likeness (QED) is 0.466. The van der Waals surface area contributed by atoms with Crippen LogP contribution in [0.25, 0.3) is 0 Å². The summed E-state index contributed by atoms with van der Waals surface area (Å²) in [7, 11) is 0. The van der Waals surface area contributed by atoms with Gasteiger partial charge in [0.15, 0.2) is 0 Å². The first-order valence-electron chi connectivity index (χ1n) is 7.54. The van der Waals surface area contributed by atoms with E-state index in [-0.39, 0.29) is 10.6 Å². The number of halogens is 1. The van der Waals surface area contributed by atoms with Gasteiger partial charge in [0.1, 0.15) is 5.69 Å². The van der Waals surface area contributed by atoms with Crippen molar-refractivity contribution < 1.29 is 4.92 Å². The Balaban J connectivity index is 1.58. The number of nitro benzene ring substituents is 1. The lowest BCUT2D eigenvalue weighted by molar-refractivity contribution is -0.384. The Kier molecular flexibility index (Phi) is 4.63. The van der Waals surface area contributed by atoms with Crippen LogP contribution in [0.3, 0.4) is 0 Å². The first-order valence-corrected chi connectivity index (χ1v) is 8.62. The number of rotatable bonds is 5. The van der Waals surface area contributed by atoms with Crippen LogP contribution < -0.4 is 5.32 Å². The second-order valence-corrected chi connectivity index (χ2v) is 7.33. The molecule has 1 aromatic carbocycles. The molecule has 0 unspecified atom stereocenters. The Hall–Kier alpha value is -0.890. The largest absolute Gasteiger partial charge is 0.377 e. The van der Waals surface area contributed by atoms with Crippen molar-refractivity contribution in [2.45, 2.75) is 31.7 Å². The van der Waals surface area contributed by atoms with Crippen LogP contribution in [0.4, 0.5) is 11.4 Å². The molecule has 0 radical (unpaired) electrons. The molecule has 1 saturated heterocycles. The Bertz CT molecular complexity index is 526. The van der Waals surface area contributed by atoms with Crippen LogP contribution in [0.5, 0.6) is 0 Å². The topological polar surface area (TPSA) is 58.4 Å². The SMILES string of the molecule is O=[N+]([O-])c1cc(I)ccc1NC1CCN(CC2CC2)CC1. The van der Waals surface area contributed by atoms with Crippen LogP contribution in [0.1, 0.15) is 25.7 Å². The smallest absolute Gasteiger partial charge is 0.293 e. The number of nitro groups is 1. The summed E-state index contributed by atoms with van der Waals surface area (Å²) in [4.78, 5) is 13.4. The predicted molar refractivity (Wildman–Crippen MR) is 91.6 cm³/mol. The van der Waals surface area contributed by atoms with Crippen molar-refractivity contribution in [1.29, 1.82) is 0 Å². The van der Waals surface area contributed by atoms with Gasteiger partial charge in [0.2, 0.25) is 0 Å². The highest BCUT2D eigenvalue weighted by molar-refractivity contribution is 14.1. The van der Waals surface area contributed by atoms with Gasteiger partial charge in [-0.2, -0.15) is 0 Å². The second kappa shape index (κ2) is 6.48. The third-order valence-electron chi connectivity index (χ3n) is 4.32. The fourth-order valence-electron chi connectivity index (χ4n) is 2.92. The number of hydrogen-bond donors (Lipinski definition) is 1. The summed E-state index contributed by atoms with van der Waals surface area (Å²) in [6, 6.07) is 5.72. The van der Waals surface area contributed by atoms with Crippen LogP contribution in [0.2, 0.25) is 0 Å². The van der Waals surface area contributed by atoms with Crippen molar-refractivity contribution in [3.8, 4) is 0 Å². The molecule has 5 nitrogen and oxygen atoms in total. The summed E-state index contributed by atoms with van der Waals surface area (Å²) in [5.41, 5.74) is 0.836. The van der Waals surface area contributed by atoms with Crippen LogP contribution in [0.15, 0.2) is 18.2 Å². The Morgan fingerprint density at radius 1 is 1.29 bits per heavy atom. The molecule has 0 spiro atoms. The van der Waals surface area contributed by atoms with Gasteiger partial charge in [0.25, 0.3) is 5.69 Å². The molecule has 21 heavy (non-hydrogen) atoms. The summed E-state index contributed by atoms with van der Waals surface area (Å²) in [6.45, 7) is 3.45. The average Bonchev–Trinajstić information content (AvgIpc) is 3.27. The molecule has 0 bridgehead atoms. The number of likely N-dealkylation sites (tertiary alicyclic amines) is 1. The molecule has 6 heteroatoms. The van der Waals surface area contributed by atoms with Gasteiger partial charge in [0.05, 0.1) is 4.92 Å². The second-order valence-electron chi connectivity index (χ2n) is 6.08. The number of nitrogens with zero attached hydrogens (tertiary/aromatic N) is 2. The predicted octanol–water partition coefficient (Wildman–Crippen LogP) is 3.49. The van der Waals surface area contributed by atoms with Gasteiger partial charge in [-0.15, -0.1) is 0 Å². The minimum absolute atomic E-state index is 0.183. The van der Waals surface area contributed by atoms with E-state index < -0.39 is 0 Å². The molecule has 1 aliphatic heterocycles. The monoisotopic (exact) mass is 401 g/mol. The van der Waals surface area contributed by atoms with E-state index in [1.807, 2.05) is 12.1 Å². The van der Waals surface area contributed by atoms with E-state index in [2.05, 4.69) is 32.8 Å². The van der Waals surface area contributed by atoms with Crippen molar-refractivity contribution >= 4 is 34.0 Å². The van der Waals surface area contributed by atoms with Crippen molar-refractivity contribution in [3.05, 3.63) is 31.9 Å². The van der Waals surface area contributed by atoms with Gasteiger partial charge < -0.3 is 10.2 Å². The minimum Gasteiger partial charge on any atom is -0.377 e. The molecule has 1 heterocycles. The third-order valence-corrected chi connectivity index (χ3v) is 4.99. The summed E-state index contributed by atoms with van der Waals surface area (Å²) in [6.07, 6.45) is 4.92. The molecular weight excluding hydrogens is 381 g/mol. The third kappa shape index (κ3) is 4.06. The molecule has 3 rings (SSSR count). The van der Waals surface area contributed by atoms with Crippen molar-refractivity contribution in [1.82, 2.24) is 4.90 Å². The van der Waals surface area contributed by atoms with Gasteiger partial charge in [-0.05, 0) is 66.3 Å². The highest BCUT2D eigenvalue weighted by atomic mass is 127. The number of anilines is 1. The van der Waals surface area contributed by atoms with E-state index in [1.165, 1.54) is 19.4 Å². The lowest BCUT2D eigenvalue weighted by atomic mass is 10.0. The molecular formula is C15H20IN3O2. The van der Waals surface area contributed by atoms with Gasteiger partial charge in [-0.25, -0.2) is 0 Å². The number of hydrogen-bond acceptors (Lipinski definition) is 4. The van der Waals surface area contributed by atoms with Crippen molar-refractivity contribution in [2.75, 3.05) is 25.0 Å². The summed E-state index contributed by atoms with van der Waals surface area (Å²) in [5.74, 6) is 0.937. The number of benzene rings is 1. The van der Waals surface area contributed by atoms with E-state index in [0.717, 1.165) is 35.4 Å². The lowest BCUT2D eigenvalue weighted by Crippen LogP contribution is -2.40. The zero-order valence-electron chi connectivity index (χ0n) is 11.9. The number of piperidine rings is 1. The molecule has 1 saturated carbocycles. The fraction of sp³-hybridized carbons (Fsp3) is 0.600. The molecule has 0 atom stereocenters. The molecule has 1 aliphatic carbocycles. The number of nitrogens with one attached hydrogen (secondary N) is 1. The molecule has 2 aliphatic rings. The van der Waals surface area contributed by atoms with E-state index in [1.54, 1.807) is 6.07 Å². The molecule has 2 fully saturated rings. The maximum Gasteiger partial charge on any atom is 0.293 e. The maximum absolute atomic E-state index is 11.1. The maximum atomic E-state index is 11.1. The van der Waals surface area contributed by atoms with E-state index in [4.69, 9.17) is 0 Å². The molecule has 0 amide bonds. The summed E-state index contributed by atoms with van der Waals surface area (Å²) < 4.78 is 0.893. The standard InChI is InChI=1S/C15H20IN3O2/c16-12-3-4-14(15(9-12)19(20)21)17-13-5-7-18(8-6-13)10-11-1-2-11/h3-4,9,11,13,17H,1-2,5-8,10H2. The Labute approximate surface area is 138 Å². The fourth-order valence-corrected chi connectivity index (χ4v) is 3.40. The minimum atomic E-state index is -0.299. The van der Waals surface area contributed by atoms with E-state index >= 15 is 0 Å². The first kappa shape index (κ1) is 15.0. The molecule has 1 aromatic rings. The highest BCUT2D eigenvalue weighted by Gasteiger charge is 2.27. The van der Waals surface area contributed by atoms with Crippen molar-refractivity contribution in [2.24, 2.45) is 5.92 Å². The van der Waals surface area contributed by atoms with Gasteiger partial charge in [-0.3, -0.25) is 10.1 Å². The zero-order valence-corrected chi connectivity index (χ0v) is 14.1. The van der Waals surface area contributed by atoms with Crippen LogP contribution in [0, 0.1) is 19.6 Å². The highest BCUT2D eigenvalue weighted by Crippen LogP contribution is 2.31. The Morgan fingerprint density at radius 2 is 2.00 bits per heavy atom. The van der Waals surface area contributed by atoms with Gasteiger partial charge in [-0.1, -0.05) is 0 Å².